The first kappa shape index (κ1) is 17.7. The number of amides is 1. The number of hydrogen-bond donors (Lipinski definition) is 2. The van der Waals surface area contributed by atoms with E-state index in [0.29, 0.717) is 13.0 Å². The zero-order chi connectivity index (χ0) is 13.6. The Bertz CT molecular complexity index is 391. The number of carbonyl (C=O) groups is 1. The third-order valence-electron chi connectivity index (χ3n) is 2.71. The lowest BCUT2D eigenvalue weighted by Crippen LogP contribution is -2.48. The van der Waals surface area contributed by atoms with Crippen LogP contribution in [0.3, 0.4) is 0 Å². The summed E-state index contributed by atoms with van der Waals surface area (Å²) < 4.78 is 5.33. The molecule has 1 unspecified atom stereocenters. The summed E-state index contributed by atoms with van der Waals surface area (Å²) in [5.74, 6) is 0.632. The summed E-state index contributed by atoms with van der Waals surface area (Å²) in [6.07, 6.45) is 1.54. The first-order chi connectivity index (χ1) is 8.49. The van der Waals surface area contributed by atoms with Gasteiger partial charge in [-0.25, -0.2) is 0 Å². The van der Waals surface area contributed by atoms with E-state index in [2.05, 4.69) is 5.32 Å². The minimum atomic E-state index is -0.826. The SMILES string of the molecule is CCCC(C)(N)C(=O)Nc1ccc(OCC)cc1.Cl. The zero-order valence-electron chi connectivity index (χ0n) is 11.7. The van der Waals surface area contributed by atoms with Gasteiger partial charge in [0.25, 0.3) is 0 Å². The van der Waals surface area contributed by atoms with Gasteiger partial charge in [0.1, 0.15) is 5.75 Å². The van der Waals surface area contributed by atoms with E-state index in [1.807, 2.05) is 38.1 Å². The largest absolute Gasteiger partial charge is 0.494 e. The number of nitrogens with one attached hydrogen (secondary N) is 1. The molecule has 1 aromatic carbocycles. The van der Waals surface area contributed by atoms with Crippen LogP contribution in [0, 0.1) is 0 Å². The quantitative estimate of drug-likeness (QED) is 0.845. The van der Waals surface area contributed by atoms with Gasteiger partial charge < -0.3 is 15.8 Å². The van der Waals surface area contributed by atoms with Gasteiger partial charge >= 0.3 is 0 Å². The zero-order valence-corrected chi connectivity index (χ0v) is 12.5. The van der Waals surface area contributed by atoms with Gasteiger partial charge in [-0.1, -0.05) is 13.3 Å². The Morgan fingerprint density at radius 1 is 1.32 bits per heavy atom. The lowest BCUT2D eigenvalue weighted by molar-refractivity contribution is -0.120. The van der Waals surface area contributed by atoms with E-state index in [0.717, 1.165) is 17.9 Å². The summed E-state index contributed by atoms with van der Waals surface area (Å²) in [6, 6.07) is 7.27. The highest BCUT2D eigenvalue weighted by Crippen LogP contribution is 2.17. The number of hydrogen-bond acceptors (Lipinski definition) is 3. The van der Waals surface area contributed by atoms with Gasteiger partial charge in [-0.05, 0) is 44.5 Å². The molecule has 1 aromatic rings. The predicted octanol–water partition coefficient (Wildman–Crippen LogP) is 2.96. The van der Waals surface area contributed by atoms with E-state index >= 15 is 0 Å². The Kier molecular flexibility index (Phi) is 7.49. The van der Waals surface area contributed by atoms with Gasteiger partial charge in [-0.15, -0.1) is 12.4 Å². The highest BCUT2D eigenvalue weighted by Gasteiger charge is 2.26. The van der Waals surface area contributed by atoms with Crippen molar-refractivity contribution < 1.29 is 9.53 Å². The average molecular weight is 287 g/mol. The van der Waals surface area contributed by atoms with Gasteiger partial charge in [0.2, 0.25) is 5.91 Å². The molecule has 0 saturated carbocycles. The molecular weight excluding hydrogens is 264 g/mol. The second-order valence-electron chi connectivity index (χ2n) is 4.58. The monoisotopic (exact) mass is 286 g/mol. The van der Waals surface area contributed by atoms with Crippen LogP contribution in [0.15, 0.2) is 24.3 Å². The van der Waals surface area contributed by atoms with Gasteiger partial charge in [0.15, 0.2) is 0 Å². The van der Waals surface area contributed by atoms with E-state index in [1.54, 1.807) is 6.92 Å². The molecule has 0 fully saturated rings. The topological polar surface area (TPSA) is 64.4 Å². The van der Waals surface area contributed by atoms with E-state index < -0.39 is 5.54 Å². The van der Waals surface area contributed by atoms with Crippen molar-refractivity contribution in [2.45, 2.75) is 39.2 Å². The Labute approximate surface area is 121 Å². The molecule has 0 aliphatic heterocycles. The molecule has 0 saturated heterocycles. The molecule has 0 heterocycles. The molecular formula is C14H23ClN2O2. The lowest BCUT2D eigenvalue weighted by Gasteiger charge is -2.22. The van der Waals surface area contributed by atoms with Crippen LogP contribution in [0.1, 0.15) is 33.6 Å². The summed E-state index contributed by atoms with van der Waals surface area (Å²) in [7, 11) is 0. The number of ether oxygens (including phenoxy) is 1. The van der Waals surface area contributed by atoms with Crippen molar-refractivity contribution in [1.82, 2.24) is 0 Å². The molecule has 3 N–H and O–H groups in total. The second kappa shape index (κ2) is 8.02. The number of nitrogens with two attached hydrogens (primary N) is 1. The first-order valence-electron chi connectivity index (χ1n) is 6.32. The minimum absolute atomic E-state index is 0. The number of rotatable bonds is 6. The maximum Gasteiger partial charge on any atom is 0.244 e. The van der Waals surface area contributed by atoms with Crippen molar-refractivity contribution in [3.63, 3.8) is 0 Å². The first-order valence-corrected chi connectivity index (χ1v) is 6.32. The fourth-order valence-electron chi connectivity index (χ4n) is 1.71. The molecule has 108 valence electrons. The van der Waals surface area contributed by atoms with Crippen LogP contribution in [-0.4, -0.2) is 18.1 Å². The summed E-state index contributed by atoms with van der Waals surface area (Å²) in [5, 5.41) is 2.82. The molecule has 19 heavy (non-hydrogen) atoms. The maximum absolute atomic E-state index is 12.0. The number of anilines is 1. The van der Waals surface area contributed by atoms with Gasteiger partial charge in [0, 0.05) is 5.69 Å². The number of benzene rings is 1. The molecule has 0 aliphatic rings. The van der Waals surface area contributed by atoms with Crippen molar-refractivity contribution in [2.24, 2.45) is 5.73 Å². The Morgan fingerprint density at radius 2 is 1.89 bits per heavy atom. The van der Waals surface area contributed by atoms with Crippen molar-refractivity contribution in [3.8, 4) is 5.75 Å². The maximum atomic E-state index is 12.0. The standard InChI is InChI=1S/C14H22N2O2.ClH/c1-4-10-14(3,15)13(17)16-11-6-8-12(9-7-11)18-5-2;/h6-9H,4-5,10,15H2,1-3H3,(H,16,17);1H. The summed E-state index contributed by atoms with van der Waals surface area (Å²) in [6.45, 7) is 6.32. The van der Waals surface area contributed by atoms with E-state index in [9.17, 15) is 4.79 Å². The van der Waals surface area contributed by atoms with Crippen molar-refractivity contribution in [3.05, 3.63) is 24.3 Å². The van der Waals surface area contributed by atoms with Crippen molar-refractivity contribution >= 4 is 24.0 Å². The highest BCUT2D eigenvalue weighted by atomic mass is 35.5. The third-order valence-corrected chi connectivity index (χ3v) is 2.71. The predicted molar refractivity (Wildman–Crippen MR) is 81.0 cm³/mol. The molecule has 1 atom stereocenters. The fraction of sp³-hybridized carbons (Fsp3) is 0.500. The van der Waals surface area contributed by atoms with Crippen LogP contribution < -0.4 is 15.8 Å². The third kappa shape index (κ3) is 5.49. The van der Waals surface area contributed by atoms with Crippen molar-refractivity contribution in [2.75, 3.05) is 11.9 Å². The Hall–Kier alpha value is -1.26. The lowest BCUT2D eigenvalue weighted by atomic mass is 9.96. The average Bonchev–Trinajstić information content (AvgIpc) is 2.32. The van der Waals surface area contributed by atoms with Crippen LogP contribution in [0.4, 0.5) is 5.69 Å². The van der Waals surface area contributed by atoms with Gasteiger partial charge in [-0.2, -0.15) is 0 Å². The molecule has 4 nitrogen and oxygen atoms in total. The second-order valence-corrected chi connectivity index (χ2v) is 4.58. The molecule has 0 radical (unpaired) electrons. The van der Waals surface area contributed by atoms with Crippen LogP contribution in [0.5, 0.6) is 5.75 Å². The normalized spacial score (nSPS) is 13.1. The van der Waals surface area contributed by atoms with Crippen LogP contribution in [0.25, 0.3) is 0 Å². The molecule has 0 bridgehead atoms. The van der Waals surface area contributed by atoms with Gasteiger partial charge in [0.05, 0.1) is 12.1 Å². The molecule has 1 amide bonds. The summed E-state index contributed by atoms with van der Waals surface area (Å²) in [4.78, 5) is 12.0. The fourth-order valence-corrected chi connectivity index (χ4v) is 1.71. The van der Waals surface area contributed by atoms with Crippen LogP contribution >= 0.6 is 12.4 Å². The summed E-state index contributed by atoms with van der Waals surface area (Å²) >= 11 is 0. The van der Waals surface area contributed by atoms with E-state index in [-0.39, 0.29) is 18.3 Å². The summed E-state index contributed by atoms with van der Waals surface area (Å²) in [5.41, 5.74) is 5.87. The van der Waals surface area contributed by atoms with E-state index in [1.165, 1.54) is 0 Å². The van der Waals surface area contributed by atoms with Crippen LogP contribution in [-0.2, 0) is 4.79 Å². The molecule has 0 spiro atoms. The van der Waals surface area contributed by atoms with Crippen molar-refractivity contribution in [1.29, 1.82) is 0 Å². The minimum Gasteiger partial charge on any atom is -0.494 e. The molecule has 5 heteroatoms. The molecule has 0 aromatic heterocycles. The molecule has 0 aliphatic carbocycles. The molecule has 1 rings (SSSR count). The van der Waals surface area contributed by atoms with Crippen LogP contribution in [0.2, 0.25) is 0 Å². The highest BCUT2D eigenvalue weighted by molar-refractivity contribution is 5.97. The number of halogens is 1. The Morgan fingerprint density at radius 3 is 2.37 bits per heavy atom. The van der Waals surface area contributed by atoms with E-state index in [4.69, 9.17) is 10.5 Å². The Balaban J connectivity index is 0.00000324. The number of carbonyl (C=O) groups excluding carboxylic acids is 1. The smallest absolute Gasteiger partial charge is 0.244 e. The van der Waals surface area contributed by atoms with Gasteiger partial charge in [-0.3, -0.25) is 4.79 Å².